The molecular weight excluding hydrogens is 220 g/mol. The molecule has 1 aromatic heterocycles. The summed E-state index contributed by atoms with van der Waals surface area (Å²) in [5, 5.41) is 3.98. The van der Waals surface area contributed by atoms with Crippen molar-refractivity contribution in [2.45, 2.75) is 37.3 Å². The van der Waals surface area contributed by atoms with Crippen molar-refractivity contribution in [1.82, 2.24) is 10.1 Å². The first-order valence-electron chi connectivity index (χ1n) is 6.19. The van der Waals surface area contributed by atoms with Crippen molar-refractivity contribution in [1.29, 1.82) is 0 Å². The second-order valence-corrected chi connectivity index (χ2v) is 5.18. The topological polar surface area (TPSA) is 55.6 Å². The SMILES string of the molecule is O=C(c1conc1C1CC1)N1C2COCC1C2. The van der Waals surface area contributed by atoms with Crippen LogP contribution in [0.5, 0.6) is 0 Å². The van der Waals surface area contributed by atoms with E-state index in [1.54, 1.807) is 0 Å². The highest BCUT2D eigenvalue weighted by atomic mass is 16.5. The van der Waals surface area contributed by atoms with Gasteiger partial charge in [0.15, 0.2) is 0 Å². The Hall–Kier alpha value is -1.36. The summed E-state index contributed by atoms with van der Waals surface area (Å²) in [6.07, 6.45) is 4.84. The van der Waals surface area contributed by atoms with Crippen molar-refractivity contribution in [3.8, 4) is 0 Å². The van der Waals surface area contributed by atoms with Crippen LogP contribution in [0.3, 0.4) is 0 Å². The second kappa shape index (κ2) is 3.32. The number of hydrogen-bond donors (Lipinski definition) is 0. The van der Waals surface area contributed by atoms with Gasteiger partial charge in [-0.1, -0.05) is 5.16 Å². The number of carbonyl (C=O) groups excluding carboxylic acids is 1. The zero-order chi connectivity index (χ0) is 11.4. The van der Waals surface area contributed by atoms with E-state index in [2.05, 4.69) is 5.16 Å². The Balaban J connectivity index is 1.61. The van der Waals surface area contributed by atoms with Crippen LogP contribution in [0.4, 0.5) is 0 Å². The number of hydrogen-bond acceptors (Lipinski definition) is 4. The predicted molar refractivity (Wildman–Crippen MR) is 57.7 cm³/mol. The summed E-state index contributed by atoms with van der Waals surface area (Å²) < 4.78 is 10.4. The van der Waals surface area contributed by atoms with Crippen LogP contribution >= 0.6 is 0 Å². The number of carbonyl (C=O) groups is 1. The Morgan fingerprint density at radius 2 is 2.12 bits per heavy atom. The summed E-state index contributed by atoms with van der Waals surface area (Å²) in [6, 6.07) is 0.534. The van der Waals surface area contributed by atoms with E-state index in [0.29, 0.717) is 24.7 Å². The molecule has 5 nitrogen and oxygen atoms in total. The third kappa shape index (κ3) is 1.35. The minimum atomic E-state index is 0.0812. The van der Waals surface area contributed by atoms with Crippen molar-refractivity contribution in [3.63, 3.8) is 0 Å². The van der Waals surface area contributed by atoms with Crippen LogP contribution in [-0.2, 0) is 4.74 Å². The summed E-state index contributed by atoms with van der Waals surface area (Å²) in [6.45, 7) is 1.35. The maximum atomic E-state index is 12.4. The van der Waals surface area contributed by atoms with E-state index in [4.69, 9.17) is 9.26 Å². The van der Waals surface area contributed by atoms with Crippen LogP contribution in [0.2, 0.25) is 0 Å². The van der Waals surface area contributed by atoms with E-state index in [9.17, 15) is 4.79 Å². The quantitative estimate of drug-likeness (QED) is 0.770. The van der Waals surface area contributed by atoms with Gasteiger partial charge in [0.25, 0.3) is 5.91 Å². The lowest BCUT2D eigenvalue weighted by atomic mass is 9.90. The predicted octanol–water partition coefficient (Wildman–Crippen LogP) is 1.17. The molecule has 2 saturated heterocycles. The smallest absolute Gasteiger partial charge is 0.259 e. The van der Waals surface area contributed by atoms with E-state index in [1.807, 2.05) is 4.90 Å². The van der Waals surface area contributed by atoms with Gasteiger partial charge in [0.2, 0.25) is 0 Å². The molecule has 3 heterocycles. The van der Waals surface area contributed by atoms with Gasteiger partial charge in [0.1, 0.15) is 11.8 Å². The normalized spacial score (nSPS) is 31.2. The third-order valence-corrected chi connectivity index (χ3v) is 3.98. The first kappa shape index (κ1) is 9.65. The molecular formula is C12H14N2O3. The van der Waals surface area contributed by atoms with Gasteiger partial charge in [-0.05, 0) is 19.3 Å². The van der Waals surface area contributed by atoms with Gasteiger partial charge in [-0.25, -0.2) is 0 Å². The lowest BCUT2D eigenvalue weighted by Crippen LogP contribution is -2.65. The van der Waals surface area contributed by atoms with Gasteiger partial charge in [-0.2, -0.15) is 0 Å². The molecule has 4 rings (SSSR count). The van der Waals surface area contributed by atoms with Gasteiger partial charge >= 0.3 is 0 Å². The number of amides is 1. The standard InChI is InChI=1S/C12H14N2O3/c15-12(14-8-3-9(14)5-16-4-8)10-6-17-13-11(10)7-1-2-7/h6-9H,1-5H2. The maximum absolute atomic E-state index is 12.4. The van der Waals surface area contributed by atoms with Crippen molar-refractivity contribution in [3.05, 3.63) is 17.5 Å². The molecule has 2 bridgehead atoms. The molecule has 90 valence electrons. The van der Waals surface area contributed by atoms with Gasteiger partial charge in [0, 0.05) is 5.92 Å². The minimum absolute atomic E-state index is 0.0812. The third-order valence-electron chi connectivity index (χ3n) is 3.98. The fraction of sp³-hybridized carbons (Fsp3) is 0.667. The average Bonchev–Trinajstić information content (AvgIpc) is 3.07. The molecule has 17 heavy (non-hydrogen) atoms. The van der Waals surface area contributed by atoms with E-state index in [0.717, 1.165) is 25.0 Å². The van der Waals surface area contributed by atoms with Crippen molar-refractivity contribution >= 4 is 5.91 Å². The first-order valence-corrected chi connectivity index (χ1v) is 6.19. The van der Waals surface area contributed by atoms with Gasteiger partial charge in [0.05, 0.1) is 31.0 Å². The highest BCUT2D eigenvalue weighted by Crippen LogP contribution is 2.42. The number of fused-ring (bicyclic) bond motifs is 2. The van der Waals surface area contributed by atoms with Crippen LogP contribution in [0.1, 0.15) is 41.2 Å². The second-order valence-electron chi connectivity index (χ2n) is 5.18. The molecule has 0 N–H and O–H groups in total. The van der Waals surface area contributed by atoms with Gasteiger partial charge in [-0.15, -0.1) is 0 Å². The molecule has 0 spiro atoms. The van der Waals surface area contributed by atoms with Gasteiger partial charge < -0.3 is 14.2 Å². The highest BCUT2D eigenvalue weighted by Gasteiger charge is 2.47. The van der Waals surface area contributed by atoms with Crippen LogP contribution in [0.15, 0.2) is 10.8 Å². The molecule has 2 aliphatic heterocycles. The average molecular weight is 234 g/mol. The summed E-state index contributed by atoms with van der Waals surface area (Å²) in [5.74, 6) is 0.530. The van der Waals surface area contributed by atoms with E-state index < -0.39 is 0 Å². The van der Waals surface area contributed by atoms with E-state index in [1.165, 1.54) is 6.26 Å². The minimum Gasteiger partial charge on any atom is -0.377 e. The fourth-order valence-corrected chi connectivity index (χ4v) is 2.87. The zero-order valence-corrected chi connectivity index (χ0v) is 9.46. The Morgan fingerprint density at radius 3 is 2.76 bits per heavy atom. The molecule has 2 atom stereocenters. The van der Waals surface area contributed by atoms with Crippen molar-refractivity contribution in [2.75, 3.05) is 13.2 Å². The lowest BCUT2D eigenvalue weighted by molar-refractivity contribution is -0.104. The van der Waals surface area contributed by atoms with Crippen LogP contribution in [-0.4, -0.2) is 41.3 Å². The largest absolute Gasteiger partial charge is 0.377 e. The molecule has 2 unspecified atom stereocenters. The lowest BCUT2D eigenvalue weighted by Gasteiger charge is -2.52. The van der Waals surface area contributed by atoms with Crippen LogP contribution < -0.4 is 0 Å². The van der Waals surface area contributed by atoms with Crippen molar-refractivity contribution < 1.29 is 14.1 Å². The Kier molecular flexibility index (Phi) is 1.88. The number of aromatic nitrogens is 1. The summed E-state index contributed by atoms with van der Waals surface area (Å²) >= 11 is 0. The molecule has 3 fully saturated rings. The molecule has 1 amide bonds. The monoisotopic (exact) mass is 234 g/mol. The first-order chi connectivity index (χ1) is 8.34. The van der Waals surface area contributed by atoms with E-state index in [-0.39, 0.29) is 18.0 Å². The molecule has 1 saturated carbocycles. The summed E-state index contributed by atoms with van der Waals surface area (Å²) in [7, 11) is 0. The van der Waals surface area contributed by atoms with E-state index >= 15 is 0 Å². The molecule has 3 aliphatic rings. The maximum Gasteiger partial charge on any atom is 0.259 e. The Bertz CT molecular complexity index is 452. The molecule has 0 aromatic carbocycles. The fourth-order valence-electron chi connectivity index (χ4n) is 2.87. The molecule has 1 aliphatic carbocycles. The van der Waals surface area contributed by atoms with Crippen LogP contribution in [0.25, 0.3) is 0 Å². The molecule has 1 aromatic rings. The Labute approximate surface area is 98.7 Å². The van der Waals surface area contributed by atoms with Crippen LogP contribution in [0, 0.1) is 0 Å². The Morgan fingerprint density at radius 1 is 1.35 bits per heavy atom. The van der Waals surface area contributed by atoms with Gasteiger partial charge in [-0.3, -0.25) is 4.79 Å². The number of nitrogens with zero attached hydrogens (tertiary/aromatic N) is 2. The zero-order valence-electron chi connectivity index (χ0n) is 9.46. The number of ether oxygens (including phenoxy) is 1. The van der Waals surface area contributed by atoms with Crippen molar-refractivity contribution in [2.24, 2.45) is 0 Å². The summed E-state index contributed by atoms with van der Waals surface area (Å²) in [5.41, 5.74) is 1.53. The molecule has 5 heteroatoms. The molecule has 0 radical (unpaired) electrons. The summed E-state index contributed by atoms with van der Waals surface area (Å²) in [4.78, 5) is 14.4. The number of morpholine rings is 1. The number of rotatable bonds is 2. The highest BCUT2D eigenvalue weighted by molar-refractivity contribution is 5.96.